The molecule has 0 unspecified atom stereocenters. The Bertz CT molecular complexity index is 499. The van der Waals surface area contributed by atoms with E-state index in [-0.39, 0.29) is 5.97 Å². The van der Waals surface area contributed by atoms with Crippen LogP contribution >= 0.6 is 0 Å². The van der Waals surface area contributed by atoms with Crippen molar-refractivity contribution in [1.82, 2.24) is 0 Å². The van der Waals surface area contributed by atoms with E-state index in [4.69, 9.17) is 9.47 Å². The Morgan fingerprint density at radius 1 is 1.26 bits per heavy atom. The molecule has 19 heavy (non-hydrogen) atoms. The van der Waals surface area contributed by atoms with E-state index >= 15 is 0 Å². The van der Waals surface area contributed by atoms with Gasteiger partial charge in [0.15, 0.2) is 0 Å². The van der Waals surface area contributed by atoms with Gasteiger partial charge in [0.2, 0.25) is 0 Å². The minimum Gasteiger partial charge on any atom is -0.496 e. The zero-order valence-electron chi connectivity index (χ0n) is 11.6. The third-order valence-electron chi connectivity index (χ3n) is 4.63. The highest BCUT2D eigenvalue weighted by molar-refractivity contribution is 5.88. The van der Waals surface area contributed by atoms with Gasteiger partial charge in [0.05, 0.1) is 19.6 Å². The predicted molar refractivity (Wildman–Crippen MR) is 72.5 cm³/mol. The van der Waals surface area contributed by atoms with Gasteiger partial charge < -0.3 is 9.47 Å². The molecular weight excluding hydrogens is 240 g/mol. The molecule has 3 heteroatoms. The van der Waals surface area contributed by atoms with E-state index in [1.807, 2.05) is 12.1 Å². The van der Waals surface area contributed by atoms with Crippen LogP contribution < -0.4 is 4.74 Å². The summed E-state index contributed by atoms with van der Waals surface area (Å²) in [5.74, 6) is 1.32. The molecule has 0 N–H and O–H groups in total. The monoisotopic (exact) mass is 260 g/mol. The van der Waals surface area contributed by atoms with Crippen molar-refractivity contribution >= 4 is 5.97 Å². The lowest BCUT2D eigenvalue weighted by Gasteiger charge is -2.31. The van der Waals surface area contributed by atoms with E-state index in [0.29, 0.717) is 5.92 Å². The van der Waals surface area contributed by atoms with E-state index < -0.39 is 5.41 Å². The molecule has 0 atom stereocenters. The maximum absolute atomic E-state index is 12.2. The minimum atomic E-state index is -0.438. The third kappa shape index (κ3) is 1.83. The maximum Gasteiger partial charge on any atom is 0.316 e. The summed E-state index contributed by atoms with van der Waals surface area (Å²) in [5, 5.41) is 0. The highest BCUT2D eigenvalue weighted by Crippen LogP contribution is 2.56. The number of ether oxygens (including phenoxy) is 2. The molecule has 2 fully saturated rings. The van der Waals surface area contributed by atoms with Crippen LogP contribution in [0.25, 0.3) is 0 Å². The Morgan fingerprint density at radius 2 is 2.00 bits per heavy atom. The number of benzene rings is 1. The molecule has 3 nitrogen and oxygen atoms in total. The summed E-state index contributed by atoms with van der Waals surface area (Å²) in [4.78, 5) is 12.2. The van der Waals surface area contributed by atoms with Crippen LogP contribution in [0.3, 0.4) is 0 Å². The molecule has 0 bridgehead atoms. The second kappa shape index (κ2) is 4.55. The minimum absolute atomic E-state index is 0.113. The second-order valence-corrected chi connectivity index (χ2v) is 5.63. The Kier molecular flexibility index (Phi) is 3.00. The number of carbonyl (C=O) groups excluding carboxylic acids is 1. The first-order chi connectivity index (χ1) is 9.23. The first-order valence-electron chi connectivity index (χ1n) is 6.99. The molecule has 2 aliphatic carbocycles. The molecular formula is C16H20O3. The van der Waals surface area contributed by atoms with Crippen LogP contribution in [0.1, 0.15) is 49.1 Å². The number of hydrogen-bond acceptors (Lipinski definition) is 3. The van der Waals surface area contributed by atoms with E-state index in [1.165, 1.54) is 31.9 Å². The highest BCUT2D eigenvalue weighted by atomic mass is 16.5. The Morgan fingerprint density at radius 3 is 2.47 bits per heavy atom. The molecule has 0 heterocycles. The molecule has 1 aromatic rings. The molecule has 3 rings (SSSR count). The average molecular weight is 260 g/mol. The van der Waals surface area contributed by atoms with Crippen molar-refractivity contribution in [3.8, 4) is 5.75 Å². The summed E-state index contributed by atoms with van der Waals surface area (Å²) < 4.78 is 10.5. The van der Waals surface area contributed by atoms with E-state index in [1.54, 1.807) is 7.11 Å². The summed E-state index contributed by atoms with van der Waals surface area (Å²) >= 11 is 0. The van der Waals surface area contributed by atoms with E-state index in [2.05, 4.69) is 6.07 Å². The summed E-state index contributed by atoms with van der Waals surface area (Å²) in [7, 11) is 3.15. The van der Waals surface area contributed by atoms with Gasteiger partial charge in [-0.1, -0.05) is 18.6 Å². The normalized spacial score (nSPS) is 20.5. The van der Waals surface area contributed by atoms with Gasteiger partial charge in [0, 0.05) is 5.56 Å². The van der Waals surface area contributed by atoms with Crippen LogP contribution in [0.4, 0.5) is 0 Å². The van der Waals surface area contributed by atoms with Crippen molar-refractivity contribution in [3.05, 3.63) is 29.3 Å². The van der Waals surface area contributed by atoms with Gasteiger partial charge in [-0.05, 0) is 43.2 Å². The zero-order valence-corrected chi connectivity index (χ0v) is 11.6. The van der Waals surface area contributed by atoms with Crippen molar-refractivity contribution in [2.75, 3.05) is 14.2 Å². The SMILES string of the molecule is COC(=O)C1(c2c(OC)cccc2C2CCC2)CC1. The molecule has 0 radical (unpaired) electrons. The van der Waals surface area contributed by atoms with Gasteiger partial charge in [0.1, 0.15) is 5.75 Å². The van der Waals surface area contributed by atoms with Crippen molar-refractivity contribution < 1.29 is 14.3 Å². The number of rotatable bonds is 4. The Labute approximate surface area is 113 Å². The standard InChI is InChI=1S/C16H20O3/c1-18-13-8-4-7-12(11-5-3-6-11)14(13)16(9-10-16)15(17)19-2/h4,7-8,11H,3,5-6,9-10H2,1-2H3. The first-order valence-corrected chi connectivity index (χ1v) is 6.99. The van der Waals surface area contributed by atoms with Crippen LogP contribution in [-0.2, 0) is 14.9 Å². The Balaban J connectivity index is 2.09. The average Bonchev–Trinajstić information content (AvgIpc) is 3.17. The van der Waals surface area contributed by atoms with Crippen LogP contribution in [0.15, 0.2) is 18.2 Å². The second-order valence-electron chi connectivity index (χ2n) is 5.63. The Hall–Kier alpha value is -1.51. The van der Waals surface area contributed by atoms with Crippen LogP contribution in [0, 0.1) is 0 Å². The predicted octanol–water partition coefficient (Wildman–Crippen LogP) is 3.17. The van der Waals surface area contributed by atoms with Crippen molar-refractivity contribution in [1.29, 1.82) is 0 Å². The van der Waals surface area contributed by atoms with Gasteiger partial charge in [-0.2, -0.15) is 0 Å². The van der Waals surface area contributed by atoms with Crippen LogP contribution in [0.5, 0.6) is 5.75 Å². The maximum atomic E-state index is 12.2. The van der Waals surface area contributed by atoms with Crippen LogP contribution in [-0.4, -0.2) is 20.2 Å². The molecule has 1 aromatic carbocycles. The smallest absolute Gasteiger partial charge is 0.316 e. The van der Waals surface area contributed by atoms with Gasteiger partial charge in [0.25, 0.3) is 0 Å². The fraction of sp³-hybridized carbons (Fsp3) is 0.562. The summed E-state index contributed by atoms with van der Waals surface area (Å²) in [6.07, 6.45) is 5.47. The van der Waals surface area contributed by atoms with E-state index in [9.17, 15) is 4.79 Å². The van der Waals surface area contributed by atoms with Gasteiger partial charge >= 0.3 is 5.97 Å². The molecule has 0 amide bonds. The molecule has 0 saturated heterocycles. The number of carbonyl (C=O) groups is 1. The number of hydrogen-bond donors (Lipinski definition) is 0. The summed E-state index contributed by atoms with van der Waals surface area (Å²) in [5.41, 5.74) is 1.95. The summed E-state index contributed by atoms with van der Waals surface area (Å²) in [6, 6.07) is 6.15. The topological polar surface area (TPSA) is 35.5 Å². The van der Waals surface area contributed by atoms with Crippen molar-refractivity contribution in [2.45, 2.75) is 43.4 Å². The largest absolute Gasteiger partial charge is 0.496 e. The molecule has 102 valence electrons. The number of methoxy groups -OCH3 is 2. The van der Waals surface area contributed by atoms with Crippen molar-refractivity contribution in [2.24, 2.45) is 0 Å². The molecule has 2 aliphatic rings. The fourth-order valence-electron chi connectivity index (χ4n) is 3.17. The highest BCUT2D eigenvalue weighted by Gasteiger charge is 2.55. The van der Waals surface area contributed by atoms with Crippen molar-refractivity contribution in [3.63, 3.8) is 0 Å². The zero-order chi connectivity index (χ0) is 13.5. The summed E-state index contributed by atoms with van der Waals surface area (Å²) in [6.45, 7) is 0. The van der Waals surface area contributed by atoms with E-state index in [0.717, 1.165) is 24.2 Å². The molecule has 0 aromatic heterocycles. The molecule has 2 saturated carbocycles. The van der Waals surface area contributed by atoms with Gasteiger partial charge in [-0.25, -0.2) is 0 Å². The van der Waals surface area contributed by atoms with Gasteiger partial charge in [-0.3, -0.25) is 4.79 Å². The quantitative estimate of drug-likeness (QED) is 0.780. The lowest BCUT2D eigenvalue weighted by Crippen LogP contribution is -2.26. The first kappa shape index (κ1) is 12.5. The third-order valence-corrected chi connectivity index (χ3v) is 4.63. The molecule has 0 spiro atoms. The molecule has 0 aliphatic heterocycles. The number of esters is 1. The fourth-order valence-corrected chi connectivity index (χ4v) is 3.17. The lowest BCUT2D eigenvalue weighted by molar-refractivity contribution is -0.143. The van der Waals surface area contributed by atoms with Gasteiger partial charge in [-0.15, -0.1) is 0 Å². The lowest BCUT2D eigenvalue weighted by atomic mass is 9.75. The van der Waals surface area contributed by atoms with Crippen LogP contribution in [0.2, 0.25) is 0 Å².